The highest BCUT2D eigenvalue weighted by atomic mass is 16.1. The van der Waals surface area contributed by atoms with Gasteiger partial charge in [0.15, 0.2) is 0 Å². The van der Waals surface area contributed by atoms with Gasteiger partial charge >= 0.3 is 0 Å². The molecule has 0 spiro atoms. The standard InChI is InChI=1S/C16H15N5O/c1-11(22)19-14-7-5-12(6-8-14)16-10-18-20-21(16)15-4-2-3-13(17)9-15/h2-10H,17H2,1H3,(H,19,22). The van der Waals surface area contributed by atoms with Crippen molar-refractivity contribution < 1.29 is 4.79 Å². The molecule has 0 bridgehead atoms. The van der Waals surface area contributed by atoms with Crippen molar-refractivity contribution in [3.8, 4) is 16.9 Å². The van der Waals surface area contributed by atoms with Crippen LogP contribution in [0.25, 0.3) is 16.9 Å². The highest BCUT2D eigenvalue weighted by Crippen LogP contribution is 2.23. The molecule has 1 heterocycles. The fourth-order valence-corrected chi connectivity index (χ4v) is 2.21. The number of anilines is 2. The lowest BCUT2D eigenvalue weighted by atomic mass is 10.1. The summed E-state index contributed by atoms with van der Waals surface area (Å²) in [5, 5.41) is 10.8. The van der Waals surface area contributed by atoms with Crippen LogP contribution in [0.3, 0.4) is 0 Å². The molecule has 0 unspecified atom stereocenters. The Morgan fingerprint density at radius 2 is 1.95 bits per heavy atom. The predicted molar refractivity (Wildman–Crippen MR) is 85.5 cm³/mol. The molecule has 0 aliphatic heterocycles. The Balaban J connectivity index is 1.96. The molecule has 6 nitrogen and oxygen atoms in total. The lowest BCUT2D eigenvalue weighted by Crippen LogP contribution is -2.05. The number of amides is 1. The average Bonchev–Trinajstić information content (AvgIpc) is 2.97. The van der Waals surface area contributed by atoms with Crippen molar-refractivity contribution in [2.75, 3.05) is 11.1 Å². The molecular formula is C16H15N5O. The number of benzene rings is 2. The van der Waals surface area contributed by atoms with E-state index in [9.17, 15) is 4.79 Å². The van der Waals surface area contributed by atoms with Gasteiger partial charge in [-0.1, -0.05) is 23.4 Å². The van der Waals surface area contributed by atoms with Crippen molar-refractivity contribution in [1.29, 1.82) is 0 Å². The van der Waals surface area contributed by atoms with E-state index < -0.39 is 0 Å². The molecule has 0 saturated carbocycles. The van der Waals surface area contributed by atoms with Gasteiger partial charge < -0.3 is 11.1 Å². The molecule has 3 N–H and O–H groups in total. The number of aromatic nitrogens is 3. The zero-order valence-electron chi connectivity index (χ0n) is 12.0. The first-order valence-corrected chi connectivity index (χ1v) is 6.78. The van der Waals surface area contributed by atoms with Gasteiger partial charge in [-0.05, 0) is 30.3 Å². The van der Waals surface area contributed by atoms with Crippen LogP contribution in [-0.2, 0) is 4.79 Å². The average molecular weight is 293 g/mol. The Morgan fingerprint density at radius 3 is 2.64 bits per heavy atom. The second kappa shape index (κ2) is 5.69. The summed E-state index contributed by atoms with van der Waals surface area (Å²) in [6, 6.07) is 14.9. The van der Waals surface area contributed by atoms with Gasteiger partial charge in [0.2, 0.25) is 5.91 Å². The maximum absolute atomic E-state index is 11.1. The molecule has 0 saturated heterocycles. The van der Waals surface area contributed by atoms with E-state index in [-0.39, 0.29) is 5.91 Å². The number of nitrogens with zero attached hydrogens (tertiary/aromatic N) is 3. The minimum absolute atomic E-state index is 0.0979. The molecule has 2 aromatic carbocycles. The topological polar surface area (TPSA) is 85.8 Å². The highest BCUT2D eigenvalue weighted by molar-refractivity contribution is 5.88. The van der Waals surface area contributed by atoms with Crippen LogP contribution in [0, 0.1) is 0 Å². The second-order valence-corrected chi connectivity index (χ2v) is 4.88. The minimum atomic E-state index is -0.0979. The number of nitrogens with two attached hydrogens (primary N) is 1. The summed E-state index contributed by atoms with van der Waals surface area (Å²) < 4.78 is 1.73. The third-order valence-corrected chi connectivity index (χ3v) is 3.17. The van der Waals surface area contributed by atoms with E-state index in [1.807, 2.05) is 48.5 Å². The molecule has 6 heteroatoms. The molecule has 22 heavy (non-hydrogen) atoms. The van der Waals surface area contributed by atoms with Gasteiger partial charge in [0, 0.05) is 23.9 Å². The molecular weight excluding hydrogens is 278 g/mol. The number of carbonyl (C=O) groups excluding carboxylic acids is 1. The van der Waals surface area contributed by atoms with Gasteiger partial charge in [-0.15, -0.1) is 5.10 Å². The molecule has 0 radical (unpaired) electrons. The summed E-state index contributed by atoms with van der Waals surface area (Å²) in [6.07, 6.45) is 1.69. The molecule has 1 aromatic heterocycles. The van der Waals surface area contributed by atoms with E-state index in [2.05, 4.69) is 15.6 Å². The van der Waals surface area contributed by atoms with Crippen LogP contribution in [-0.4, -0.2) is 20.9 Å². The van der Waals surface area contributed by atoms with Crippen molar-refractivity contribution in [3.63, 3.8) is 0 Å². The maximum Gasteiger partial charge on any atom is 0.221 e. The quantitative estimate of drug-likeness (QED) is 0.726. The first-order valence-electron chi connectivity index (χ1n) is 6.78. The Hall–Kier alpha value is -3.15. The van der Waals surface area contributed by atoms with Gasteiger partial charge in [-0.2, -0.15) is 0 Å². The molecule has 3 rings (SSSR count). The van der Waals surface area contributed by atoms with Gasteiger partial charge in [0.05, 0.1) is 17.6 Å². The molecule has 0 fully saturated rings. The number of hydrogen-bond acceptors (Lipinski definition) is 4. The Morgan fingerprint density at radius 1 is 1.18 bits per heavy atom. The summed E-state index contributed by atoms with van der Waals surface area (Å²) in [5.41, 5.74) is 9.87. The van der Waals surface area contributed by atoms with Gasteiger partial charge in [-0.3, -0.25) is 4.79 Å². The summed E-state index contributed by atoms with van der Waals surface area (Å²) in [6.45, 7) is 1.48. The van der Waals surface area contributed by atoms with Crippen LogP contribution < -0.4 is 11.1 Å². The van der Waals surface area contributed by atoms with Crippen molar-refractivity contribution in [1.82, 2.24) is 15.0 Å². The first-order chi connectivity index (χ1) is 10.6. The second-order valence-electron chi connectivity index (χ2n) is 4.88. The van der Waals surface area contributed by atoms with Crippen LogP contribution in [0.1, 0.15) is 6.92 Å². The van der Waals surface area contributed by atoms with Gasteiger partial charge in [0.25, 0.3) is 0 Å². The molecule has 110 valence electrons. The highest BCUT2D eigenvalue weighted by Gasteiger charge is 2.09. The van der Waals surface area contributed by atoms with Crippen molar-refractivity contribution in [3.05, 3.63) is 54.7 Å². The third-order valence-electron chi connectivity index (χ3n) is 3.17. The summed E-state index contributed by atoms with van der Waals surface area (Å²) >= 11 is 0. The van der Waals surface area contributed by atoms with Crippen LogP contribution in [0.4, 0.5) is 11.4 Å². The van der Waals surface area contributed by atoms with E-state index >= 15 is 0 Å². The Labute approximate surface area is 127 Å². The van der Waals surface area contributed by atoms with Crippen LogP contribution >= 0.6 is 0 Å². The summed E-state index contributed by atoms with van der Waals surface area (Å²) in [5.74, 6) is -0.0979. The fraction of sp³-hybridized carbons (Fsp3) is 0.0625. The lowest BCUT2D eigenvalue weighted by molar-refractivity contribution is -0.114. The predicted octanol–water partition coefficient (Wildman–Crippen LogP) is 2.47. The number of nitrogen functional groups attached to an aromatic ring is 1. The number of nitrogens with one attached hydrogen (secondary N) is 1. The SMILES string of the molecule is CC(=O)Nc1ccc(-c2cnnn2-c2cccc(N)c2)cc1. The Kier molecular flexibility index (Phi) is 3.57. The summed E-state index contributed by atoms with van der Waals surface area (Å²) in [7, 11) is 0. The fourth-order valence-electron chi connectivity index (χ4n) is 2.21. The van der Waals surface area contributed by atoms with E-state index in [0.29, 0.717) is 5.69 Å². The van der Waals surface area contributed by atoms with Crippen molar-refractivity contribution in [2.24, 2.45) is 0 Å². The van der Waals surface area contributed by atoms with Crippen LogP contribution in [0.5, 0.6) is 0 Å². The molecule has 3 aromatic rings. The maximum atomic E-state index is 11.1. The van der Waals surface area contributed by atoms with E-state index in [1.165, 1.54) is 6.92 Å². The van der Waals surface area contributed by atoms with E-state index in [0.717, 1.165) is 22.6 Å². The molecule has 1 amide bonds. The van der Waals surface area contributed by atoms with E-state index in [4.69, 9.17) is 5.73 Å². The van der Waals surface area contributed by atoms with E-state index in [1.54, 1.807) is 10.9 Å². The smallest absolute Gasteiger partial charge is 0.221 e. The first kappa shape index (κ1) is 13.8. The van der Waals surface area contributed by atoms with Gasteiger partial charge in [0.1, 0.15) is 0 Å². The van der Waals surface area contributed by atoms with Crippen molar-refractivity contribution in [2.45, 2.75) is 6.92 Å². The number of hydrogen-bond donors (Lipinski definition) is 2. The minimum Gasteiger partial charge on any atom is -0.399 e. The Bertz CT molecular complexity index is 807. The summed E-state index contributed by atoms with van der Waals surface area (Å²) in [4.78, 5) is 11.1. The monoisotopic (exact) mass is 293 g/mol. The number of rotatable bonds is 3. The zero-order chi connectivity index (χ0) is 15.5. The third kappa shape index (κ3) is 2.80. The van der Waals surface area contributed by atoms with Gasteiger partial charge in [-0.25, -0.2) is 4.68 Å². The van der Waals surface area contributed by atoms with Crippen LogP contribution in [0.15, 0.2) is 54.7 Å². The van der Waals surface area contributed by atoms with Crippen LogP contribution in [0.2, 0.25) is 0 Å². The largest absolute Gasteiger partial charge is 0.399 e. The molecule has 0 aliphatic carbocycles. The normalized spacial score (nSPS) is 10.4. The number of carbonyl (C=O) groups is 1. The zero-order valence-corrected chi connectivity index (χ0v) is 12.0. The molecule has 0 atom stereocenters. The molecule has 0 aliphatic rings. The van der Waals surface area contributed by atoms with Crippen molar-refractivity contribution >= 4 is 17.3 Å². The lowest BCUT2D eigenvalue weighted by Gasteiger charge is -2.08.